The van der Waals surface area contributed by atoms with E-state index in [0.717, 1.165) is 5.56 Å². The molecule has 8 nitrogen and oxygen atoms in total. The van der Waals surface area contributed by atoms with Crippen LogP contribution in [0.1, 0.15) is 65.1 Å². The number of methoxy groups -OCH3 is 1. The number of aromatic hydroxyl groups is 1. The maximum absolute atomic E-state index is 13.2. The Morgan fingerprint density at radius 3 is 2.45 bits per heavy atom. The summed E-state index contributed by atoms with van der Waals surface area (Å²) in [5.41, 5.74) is 2.40. The maximum atomic E-state index is 13.2. The van der Waals surface area contributed by atoms with Crippen LogP contribution in [0.5, 0.6) is 17.2 Å². The van der Waals surface area contributed by atoms with Crippen molar-refractivity contribution in [3.05, 3.63) is 52.1 Å². The summed E-state index contributed by atoms with van der Waals surface area (Å²) in [6.45, 7) is 8.42. The third kappa shape index (κ3) is 4.65. The van der Waals surface area contributed by atoms with Gasteiger partial charge in [-0.3, -0.25) is 15.0 Å². The molecular formula is C25H31N3O5. The third-order valence-corrected chi connectivity index (χ3v) is 5.67. The van der Waals surface area contributed by atoms with Crippen LogP contribution in [0.15, 0.2) is 24.3 Å². The summed E-state index contributed by atoms with van der Waals surface area (Å²) < 4.78 is 10.9. The maximum Gasteiger partial charge on any atom is 0.254 e. The van der Waals surface area contributed by atoms with E-state index in [4.69, 9.17) is 14.9 Å². The van der Waals surface area contributed by atoms with Gasteiger partial charge >= 0.3 is 0 Å². The van der Waals surface area contributed by atoms with Crippen LogP contribution in [0.3, 0.4) is 0 Å². The van der Waals surface area contributed by atoms with Crippen LogP contribution >= 0.6 is 0 Å². The van der Waals surface area contributed by atoms with E-state index < -0.39 is 5.41 Å². The number of ether oxygens (including phenoxy) is 2. The van der Waals surface area contributed by atoms with E-state index in [1.807, 2.05) is 27.7 Å². The molecule has 1 heterocycles. The highest BCUT2D eigenvalue weighted by Crippen LogP contribution is 2.39. The predicted octanol–water partition coefficient (Wildman–Crippen LogP) is 3.48. The van der Waals surface area contributed by atoms with Gasteiger partial charge in [-0.15, -0.1) is 0 Å². The van der Waals surface area contributed by atoms with E-state index in [-0.39, 0.29) is 35.6 Å². The summed E-state index contributed by atoms with van der Waals surface area (Å²) >= 11 is 0. The highest BCUT2D eigenvalue weighted by Gasteiger charge is 2.30. The summed E-state index contributed by atoms with van der Waals surface area (Å²) in [6.07, 6.45) is 0. The fourth-order valence-corrected chi connectivity index (χ4v) is 3.91. The first kappa shape index (κ1) is 24.1. The van der Waals surface area contributed by atoms with E-state index in [1.165, 1.54) is 13.2 Å². The Morgan fingerprint density at radius 2 is 1.88 bits per heavy atom. The van der Waals surface area contributed by atoms with Gasteiger partial charge < -0.3 is 24.8 Å². The quantitative estimate of drug-likeness (QED) is 0.554. The molecule has 0 saturated heterocycles. The van der Waals surface area contributed by atoms with Crippen LogP contribution in [0.2, 0.25) is 0 Å². The van der Waals surface area contributed by atoms with Crippen molar-refractivity contribution in [3.63, 3.8) is 0 Å². The normalized spacial score (nSPS) is 13.0. The zero-order valence-corrected chi connectivity index (χ0v) is 20.0. The lowest BCUT2D eigenvalue weighted by atomic mass is 9.84. The number of carbonyl (C=O) groups is 2. The molecule has 0 aliphatic carbocycles. The number of hydrogen-bond donors (Lipinski definition) is 3. The first-order valence-electron chi connectivity index (χ1n) is 10.8. The van der Waals surface area contributed by atoms with Gasteiger partial charge in [0.05, 0.1) is 25.8 Å². The van der Waals surface area contributed by atoms with E-state index in [2.05, 4.69) is 5.32 Å². The summed E-state index contributed by atoms with van der Waals surface area (Å²) in [6, 6.07) is 6.62. The van der Waals surface area contributed by atoms with Gasteiger partial charge in [0.25, 0.3) is 5.91 Å². The average molecular weight is 454 g/mol. The number of rotatable bonds is 7. The summed E-state index contributed by atoms with van der Waals surface area (Å²) in [7, 11) is 2.99. The Bertz CT molecular complexity index is 1120. The van der Waals surface area contributed by atoms with Gasteiger partial charge in [0.1, 0.15) is 11.6 Å². The SMILES string of the molecule is CCOc1cc2c(cc1C(=O)NC)C(=N)N(CC(=O)c1cc(OC)c(O)c(C(C)(C)C)c1)C2. The fourth-order valence-electron chi connectivity index (χ4n) is 3.91. The number of amides is 1. The molecule has 176 valence electrons. The van der Waals surface area contributed by atoms with Crippen LogP contribution in [0.25, 0.3) is 0 Å². The van der Waals surface area contributed by atoms with Crippen LogP contribution in [0.4, 0.5) is 0 Å². The molecule has 0 radical (unpaired) electrons. The molecular weight excluding hydrogens is 422 g/mol. The van der Waals surface area contributed by atoms with Crippen molar-refractivity contribution in [1.29, 1.82) is 5.41 Å². The molecule has 8 heteroatoms. The second-order valence-electron chi connectivity index (χ2n) is 8.97. The molecule has 0 bridgehead atoms. The zero-order chi connectivity index (χ0) is 24.5. The van der Waals surface area contributed by atoms with Crippen molar-refractivity contribution in [2.75, 3.05) is 27.3 Å². The Labute approximate surface area is 194 Å². The lowest BCUT2D eigenvalue weighted by Gasteiger charge is -2.23. The number of carbonyl (C=O) groups excluding carboxylic acids is 2. The number of phenolic OH excluding ortho intramolecular Hbond substituents is 1. The van der Waals surface area contributed by atoms with Gasteiger partial charge in [0.2, 0.25) is 0 Å². The first-order valence-corrected chi connectivity index (χ1v) is 10.8. The van der Waals surface area contributed by atoms with E-state index in [9.17, 15) is 14.7 Å². The number of amidine groups is 1. The number of phenols is 1. The van der Waals surface area contributed by atoms with Crippen LogP contribution in [-0.4, -0.2) is 54.8 Å². The van der Waals surface area contributed by atoms with Gasteiger partial charge in [-0.1, -0.05) is 20.8 Å². The first-order chi connectivity index (χ1) is 15.5. The van der Waals surface area contributed by atoms with Crippen molar-refractivity contribution in [1.82, 2.24) is 10.2 Å². The van der Waals surface area contributed by atoms with Crippen molar-refractivity contribution in [2.24, 2.45) is 0 Å². The Morgan fingerprint density at radius 1 is 1.18 bits per heavy atom. The molecule has 33 heavy (non-hydrogen) atoms. The predicted molar refractivity (Wildman–Crippen MR) is 126 cm³/mol. The molecule has 0 saturated carbocycles. The Hall–Kier alpha value is -3.55. The summed E-state index contributed by atoms with van der Waals surface area (Å²) in [5.74, 6) is 0.389. The number of benzene rings is 2. The average Bonchev–Trinajstić information content (AvgIpc) is 3.06. The number of ketones is 1. The summed E-state index contributed by atoms with van der Waals surface area (Å²) in [5, 5.41) is 21.7. The Kier molecular flexibility index (Phi) is 6.67. The standard InChI is InChI=1S/C25H31N3O5/c1-7-33-20-10-15-12-28(23(26)16(15)11-17(20)24(31)27-5)13-19(29)14-8-18(25(2,3)4)22(30)21(9-14)32-6/h8-11,26,30H,7,12-13H2,1-6H3,(H,27,31). The second kappa shape index (κ2) is 9.13. The highest BCUT2D eigenvalue weighted by atomic mass is 16.5. The van der Waals surface area contributed by atoms with Gasteiger partial charge in [0, 0.05) is 30.3 Å². The van der Waals surface area contributed by atoms with Crippen LogP contribution in [-0.2, 0) is 12.0 Å². The Balaban J connectivity index is 1.91. The van der Waals surface area contributed by atoms with Crippen molar-refractivity contribution < 1.29 is 24.2 Å². The molecule has 1 aliphatic heterocycles. The monoisotopic (exact) mass is 453 g/mol. The smallest absolute Gasteiger partial charge is 0.254 e. The molecule has 0 unspecified atom stereocenters. The molecule has 0 spiro atoms. The van der Waals surface area contributed by atoms with E-state index in [1.54, 1.807) is 30.1 Å². The lowest BCUT2D eigenvalue weighted by molar-refractivity contribution is 0.0952. The third-order valence-electron chi connectivity index (χ3n) is 5.67. The number of fused-ring (bicyclic) bond motifs is 1. The number of nitrogens with one attached hydrogen (secondary N) is 2. The van der Waals surface area contributed by atoms with E-state index >= 15 is 0 Å². The lowest BCUT2D eigenvalue weighted by Crippen LogP contribution is -2.30. The van der Waals surface area contributed by atoms with Crippen LogP contribution < -0.4 is 14.8 Å². The molecule has 0 aromatic heterocycles. The van der Waals surface area contributed by atoms with Crippen LogP contribution in [0, 0.1) is 5.41 Å². The molecule has 1 amide bonds. The van der Waals surface area contributed by atoms with Gasteiger partial charge in [-0.05, 0) is 42.2 Å². The molecule has 0 atom stereocenters. The minimum atomic E-state index is -0.393. The molecule has 1 aliphatic rings. The number of Topliss-reactive ketones (excluding diaryl/α,β-unsaturated/α-hetero) is 1. The van der Waals surface area contributed by atoms with Gasteiger partial charge in [-0.2, -0.15) is 0 Å². The highest BCUT2D eigenvalue weighted by molar-refractivity contribution is 6.07. The molecule has 0 fully saturated rings. The van der Waals surface area contributed by atoms with Crippen molar-refractivity contribution in [2.45, 2.75) is 39.7 Å². The topological polar surface area (TPSA) is 112 Å². The zero-order valence-electron chi connectivity index (χ0n) is 20.0. The minimum Gasteiger partial charge on any atom is -0.504 e. The second-order valence-corrected chi connectivity index (χ2v) is 8.97. The molecule has 3 N–H and O–H groups in total. The molecule has 2 aromatic carbocycles. The fraction of sp³-hybridized carbons (Fsp3) is 0.400. The minimum absolute atomic E-state index is 0.0213. The number of nitrogens with zero attached hydrogens (tertiary/aromatic N) is 1. The van der Waals surface area contributed by atoms with E-state index in [0.29, 0.717) is 41.2 Å². The number of hydrogen-bond acceptors (Lipinski definition) is 6. The van der Waals surface area contributed by atoms with Gasteiger partial charge in [-0.25, -0.2) is 0 Å². The van der Waals surface area contributed by atoms with Crippen molar-refractivity contribution >= 4 is 17.5 Å². The molecule has 3 rings (SSSR count). The van der Waals surface area contributed by atoms with Gasteiger partial charge in [0.15, 0.2) is 17.3 Å². The molecule has 2 aromatic rings. The summed E-state index contributed by atoms with van der Waals surface area (Å²) in [4.78, 5) is 27.1. The largest absolute Gasteiger partial charge is 0.504 e. The van der Waals surface area contributed by atoms with Crippen molar-refractivity contribution in [3.8, 4) is 17.2 Å².